The smallest absolute Gasteiger partial charge is 0.381 e. The summed E-state index contributed by atoms with van der Waals surface area (Å²) in [7, 11) is 0. The molecule has 2 aromatic carbocycles. The number of nitrogens with zero attached hydrogens (tertiary/aromatic N) is 3. The Morgan fingerprint density at radius 2 is 1.91 bits per heavy atom. The Kier molecular flexibility index (Phi) is 6.55. The molecule has 8 nitrogen and oxygen atoms in total. The zero-order valence-corrected chi connectivity index (χ0v) is 18.5. The van der Waals surface area contributed by atoms with E-state index in [1.807, 2.05) is 42.5 Å². The van der Waals surface area contributed by atoms with Gasteiger partial charge in [0.05, 0.1) is 5.52 Å². The summed E-state index contributed by atoms with van der Waals surface area (Å²) in [4.78, 5) is 31.6. The molecule has 0 bridgehead atoms. The topological polar surface area (TPSA) is 123 Å². The predicted octanol–water partition coefficient (Wildman–Crippen LogP) is 3.43. The number of anilines is 3. The minimum atomic E-state index is -1.18. The lowest BCUT2D eigenvalue weighted by molar-refractivity contribution is -0.130. The average molecular weight is 454 g/mol. The number of fused-ring (bicyclic) bond motifs is 1. The fourth-order valence-electron chi connectivity index (χ4n) is 3.59. The monoisotopic (exact) mass is 453 g/mol. The van der Waals surface area contributed by atoms with Crippen LogP contribution in [0.4, 0.5) is 17.2 Å². The summed E-state index contributed by atoms with van der Waals surface area (Å²) in [5, 5.41) is 12.8. The first-order chi connectivity index (χ1) is 16.4. The lowest BCUT2D eigenvalue weighted by Crippen LogP contribution is -2.22. The molecule has 34 heavy (non-hydrogen) atoms. The highest BCUT2D eigenvalue weighted by Gasteiger charge is 2.07. The lowest BCUT2D eigenvalue weighted by atomic mass is 10.1. The van der Waals surface area contributed by atoms with Gasteiger partial charge in [-0.15, -0.1) is 0 Å². The normalized spacial score (nSPS) is 11.4. The summed E-state index contributed by atoms with van der Waals surface area (Å²) in [6.07, 6.45) is 3.84. The van der Waals surface area contributed by atoms with Crippen molar-refractivity contribution in [1.82, 2.24) is 14.5 Å². The third-order valence-electron chi connectivity index (χ3n) is 5.24. The molecule has 0 radical (unpaired) electrons. The zero-order chi connectivity index (χ0) is 24.1. The second kappa shape index (κ2) is 9.88. The van der Waals surface area contributed by atoms with Gasteiger partial charge in [-0.3, -0.25) is 4.79 Å². The third kappa shape index (κ3) is 5.58. The van der Waals surface area contributed by atoms with E-state index in [-0.39, 0.29) is 11.5 Å². The maximum absolute atomic E-state index is 12.5. The van der Waals surface area contributed by atoms with Gasteiger partial charge in [-0.05, 0) is 60.9 Å². The van der Waals surface area contributed by atoms with E-state index in [4.69, 9.17) is 10.8 Å². The number of pyridine rings is 1. The second-order valence-corrected chi connectivity index (χ2v) is 8.00. The largest absolute Gasteiger partial charge is 0.472 e. The van der Waals surface area contributed by atoms with Gasteiger partial charge in [-0.2, -0.15) is 0 Å². The van der Waals surface area contributed by atoms with E-state index in [0.717, 1.165) is 27.7 Å². The first kappa shape index (κ1) is 22.6. The van der Waals surface area contributed by atoms with Crippen molar-refractivity contribution in [3.63, 3.8) is 0 Å². The number of rotatable bonds is 6. The predicted molar refractivity (Wildman–Crippen MR) is 132 cm³/mol. The molecule has 0 spiro atoms. The van der Waals surface area contributed by atoms with Crippen LogP contribution in [-0.4, -0.2) is 25.6 Å². The molecular weight excluding hydrogens is 430 g/mol. The minimum Gasteiger partial charge on any atom is -0.472 e. The van der Waals surface area contributed by atoms with Gasteiger partial charge in [-0.1, -0.05) is 18.1 Å². The van der Waals surface area contributed by atoms with Crippen molar-refractivity contribution in [2.24, 2.45) is 5.92 Å². The summed E-state index contributed by atoms with van der Waals surface area (Å²) >= 11 is 0. The summed E-state index contributed by atoms with van der Waals surface area (Å²) in [6, 6.07) is 16.9. The number of hydrogen-bond acceptors (Lipinski definition) is 6. The van der Waals surface area contributed by atoms with E-state index < -0.39 is 5.97 Å². The van der Waals surface area contributed by atoms with Crippen LogP contribution >= 0.6 is 0 Å². The lowest BCUT2D eigenvalue weighted by Gasteiger charge is -2.11. The molecule has 4 aromatic rings. The van der Waals surface area contributed by atoms with Crippen LogP contribution in [0.1, 0.15) is 18.1 Å². The number of aliphatic carboxylic acids is 1. The number of aromatic nitrogens is 3. The maximum atomic E-state index is 12.5. The van der Waals surface area contributed by atoms with Crippen molar-refractivity contribution in [1.29, 1.82) is 0 Å². The average Bonchev–Trinajstić information content (AvgIpc) is 2.81. The Balaban J connectivity index is 1.44. The molecule has 2 heterocycles. The maximum Gasteiger partial charge on any atom is 0.381 e. The molecule has 4 N–H and O–H groups in total. The van der Waals surface area contributed by atoms with Crippen molar-refractivity contribution in [2.75, 3.05) is 11.1 Å². The van der Waals surface area contributed by atoms with Crippen LogP contribution in [0, 0.1) is 17.8 Å². The summed E-state index contributed by atoms with van der Waals surface area (Å²) in [5.74, 6) is 3.97. The first-order valence-electron chi connectivity index (χ1n) is 10.7. The number of nitrogens with two attached hydrogens (primary N) is 1. The fraction of sp³-hybridized carbons (Fsp3) is 0.154. The molecule has 0 aliphatic carbocycles. The fourth-order valence-corrected chi connectivity index (χ4v) is 3.59. The van der Waals surface area contributed by atoms with Gasteiger partial charge in [0, 0.05) is 47.4 Å². The Labute approximate surface area is 196 Å². The van der Waals surface area contributed by atoms with Crippen LogP contribution < -0.4 is 16.6 Å². The van der Waals surface area contributed by atoms with Gasteiger partial charge in [0.2, 0.25) is 0 Å². The van der Waals surface area contributed by atoms with Gasteiger partial charge in [0.15, 0.2) is 0 Å². The number of nitrogen functional groups attached to an aromatic ring is 1. The van der Waals surface area contributed by atoms with Crippen molar-refractivity contribution in [3.8, 4) is 11.8 Å². The van der Waals surface area contributed by atoms with E-state index in [1.54, 1.807) is 25.3 Å². The van der Waals surface area contributed by atoms with Crippen molar-refractivity contribution < 1.29 is 9.90 Å². The molecule has 1 unspecified atom stereocenters. The molecule has 0 saturated heterocycles. The van der Waals surface area contributed by atoms with E-state index in [1.165, 1.54) is 10.9 Å². The third-order valence-corrected chi connectivity index (χ3v) is 5.24. The van der Waals surface area contributed by atoms with Gasteiger partial charge in [0.25, 0.3) is 5.56 Å². The molecule has 1 atom stereocenters. The highest BCUT2D eigenvalue weighted by Crippen LogP contribution is 2.25. The molecule has 0 amide bonds. The Morgan fingerprint density at radius 3 is 2.65 bits per heavy atom. The minimum absolute atomic E-state index is 0.144. The van der Waals surface area contributed by atoms with Gasteiger partial charge in [-0.25, -0.2) is 14.8 Å². The van der Waals surface area contributed by atoms with Crippen LogP contribution in [-0.2, 0) is 17.8 Å². The molecule has 4 rings (SSSR count). The van der Waals surface area contributed by atoms with Gasteiger partial charge >= 0.3 is 5.97 Å². The number of benzene rings is 2. The summed E-state index contributed by atoms with van der Waals surface area (Å²) in [5.41, 5.74) is 10.0. The van der Waals surface area contributed by atoms with Gasteiger partial charge < -0.3 is 20.7 Å². The van der Waals surface area contributed by atoms with Crippen LogP contribution in [0.3, 0.4) is 0 Å². The Morgan fingerprint density at radius 1 is 1.12 bits per heavy atom. The Bertz CT molecular complexity index is 1470. The van der Waals surface area contributed by atoms with E-state index in [2.05, 4.69) is 27.1 Å². The number of carboxylic acid groups (broad SMARTS) is 1. The first-order valence-corrected chi connectivity index (χ1v) is 10.7. The molecule has 0 saturated carbocycles. The molecular formula is C26H23N5O3. The van der Waals surface area contributed by atoms with Crippen LogP contribution in [0.2, 0.25) is 0 Å². The number of carbonyl (C=O) groups is 1. The highest BCUT2D eigenvalue weighted by molar-refractivity contribution is 5.92. The molecule has 170 valence electrons. The SMILES string of the molecule is CC(C#CC(=O)O)Cn1ccc(Cc2ccc(Nc3ncnc4ccc(N)cc34)cc2)cc1=O. The molecule has 0 aliphatic rings. The molecule has 0 aliphatic heterocycles. The quantitative estimate of drug-likeness (QED) is 0.302. The van der Waals surface area contributed by atoms with E-state index in [9.17, 15) is 9.59 Å². The number of carboxylic acids is 1. The number of nitrogens with one attached hydrogen (secondary N) is 1. The summed E-state index contributed by atoms with van der Waals surface area (Å²) < 4.78 is 1.54. The van der Waals surface area contributed by atoms with Crippen LogP contribution in [0.15, 0.2) is 71.9 Å². The molecule has 2 aromatic heterocycles. The van der Waals surface area contributed by atoms with Crippen molar-refractivity contribution in [3.05, 3.63) is 88.6 Å². The molecule has 0 fully saturated rings. The second-order valence-electron chi connectivity index (χ2n) is 8.00. The standard InChI is InChI=1S/C26H23N5O3/c1-17(2-9-25(33)34)15-31-11-10-19(13-24(31)32)12-18-3-6-21(7-4-18)30-26-22-14-20(27)5-8-23(22)28-16-29-26/h3-8,10-11,13-14,16-17H,12,15,27H2,1H3,(H,33,34)(H,28,29,30). The van der Waals surface area contributed by atoms with Gasteiger partial charge in [0.1, 0.15) is 12.1 Å². The van der Waals surface area contributed by atoms with Crippen LogP contribution in [0.25, 0.3) is 10.9 Å². The van der Waals surface area contributed by atoms with E-state index >= 15 is 0 Å². The Hall–Kier alpha value is -4.64. The highest BCUT2D eigenvalue weighted by atomic mass is 16.4. The van der Waals surface area contributed by atoms with Crippen molar-refractivity contribution >= 4 is 34.1 Å². The van der Waals surface area contributed by atoms with Crippen molar-refractivity contribution in [2.45, 2.75) is 19.9 Å². The number of hydrogen-bond donors (Lipinski definition) is 3. The molecule has 8 heteroatoms. The van der Waals surface area contributed by atoms with Crippen LogP contribution in [0.5, 0.6) is 0 Å². The van der Waals surface area contributed by atoms with E-state index in [0.29, 0.717) is 24.5 Å². The zero-order valence-electron chi connectivity index (χ0n) is 18.5. The summed E-state index contributed by atoms with van der Waals surface area (Å²) in [6.45, 7) is 2.12.